The highest BCUT2D eigenvalue weighted by Crippen LogP contribution is 2.15. The van der Waals surface area contributed by atoms with Crippen LogP contribution in [0.5, 0.6) is 0 Å². The Balaban J connectivity index is 1.91. The van der Waals surface area contributed by atoms with Crippen molar-refractivity contribution in [2.24, 2.45) is 0 Å². The van der Waals surface area contributed by atoms with Crippen LogP contribution in [0.4, 0.5) is 0 Å². The molecule has 0 aliphatic carbocycles. The summed E-state index contributed by atoms with van der Waals surface area (Å²) in [6.45, 7) is 1.55. The van der Waals surface area contributed by atoms with E-state index in [-0.39, 0.29) is 6.61 Å². The maximum absolute atomic E-state index is 12.6. The van der Waals surface area contributed by atoms with E-state index >= 15 is 0 Å². The first-order valence-corrected chi connectivity index (χ1v) is 8.41. The minimum absolute atomic E-state index is 0.0792. The fraction of sp³-hybridized carbons (Fsp3) is 0.167. The maximum atomic E-state index is 12.6. The van der Waals surface area contributed by atoms with E-state index in [1.54, 1.807) is 18.2 Å². The summed E-state index contributed by atoms with van der Waals surface area (Å²) in [5.74, 6) is -0.647. The molecule has 0 spiro atoms. The zero-order valence-corrected chi connectivity index (χ0v) is 14.9. The van der Waals surface area contributed by atoms with Gasteiger partial charge in [0.2, 0.25) is 0 Å². The zero-order chi connectivity index (χ0) is 18.0. The number of hydrogen-bond acceptors (Lipinski definition) is 4. The number of esters is 1. The standard InChI is InChI=1S/C18H15BrN2O4/c1-11(17(23)25-10-12-5-3-2-4-6-12)21-16(22)14-9-13(19)7-8-15(14)20-18(21)24/h2-9,11H,10H2,1H3,(H,20,24). The minimum Gasteiger partial charge on any atom is -0.459 e. The Morgan fingerprint density at radius 1 is 1.20 bits per heavy atom. The van der Waals surface area contributed by atoms with E-state index in [9.17, 15) is 14.4 Å². The largest absolute Gasteiger partial charge is 0.459 e. The van der Waals surface area contributed by atoms with Crippen molar-refractivity contribution in [3.8, 4) is 0 Å². The Morgan fingerprint density at radius 3 is 2.64 bits per heavy atom. The number of aromatic amines is 1. The predicted molar refractivity (Wildman–Crippen MR) is 97.5 cm³/mol. The summed E-state index contributed by atoms with van der Waals surface area (Å²) in [6.07, 6.45) is 0. The van der Waals surface area contributed by atoms with Gasteiger partial charge >= 0.3 is 11.7 Å². The molecule has 3 aromatic rings. The molecule has 0 saturated heterocycles. The SMILES string of the molecule is CC(C(=O)OCc1ccccc1)n1c(=O)[nH]c2ccc(Br)cc2c1=O. The van der Waals surface area contributed by atoms with Crippen molar-refractivity contribution in [2.75, 3.05) is 0 Å². The molecule has 0 fully saturated rings. The van der Waals surface area contributed by atoms with E-state index in [4.69, 9.17) is 4.74 Å². The Hall–Kier alpha value is -2.67. The van der Waals surface area contributed by atoms with Gasteiger partial charge in [-0.3, -0.25) is 4.79 Å². The number of ether oxygens (including phenoxy) is 1. The van der Waals surface area contributed by atoms with Crippen LogP contribution in [-0.4, -0.2) is 15.5 Å². The summed E-state index contributed by atoms with van der Waals surface area (Å²) in [6, 6.07) is 13.1. The summed E-state index contributed by atoms with van der Waals surface area (Å²) in [5.41, 5.74) is 0.0549. The molecule has 0 saturated carbocycles. The molecule has 1 unspecified atom stereocenters. The lowest BCUT2D eigenvalue weighted by Crippen LogP contribution is -2.40. The van der Waals surface area contributed by atoms with Crippen LogP contribution in [0.25, 0.3) is 10.9 Å². The second-order valence-electron chi connectivity index (χ2n) is 5.56. The van der Waals surface area contributed by atoms with Gasteiger partial charge in [-0.2, -0.15) is 0 Å². The first kappa shape index (κ1) is 17.2. The number of halogens is 1. The summed E-state index contributed by atoms with van der Waals surface area (Å²) in [7, 11) is 0. The smallest absolute Gasteiger partial charge is 0.329 e. The highest BCUT2D eigenvalue weighted by molar-refractivity contribution is 9.10. The van der Waals surface area contributed by atoms with Crippen LogP contribution in [0.3, 0.4) is 0 Å². The van der Waals surface area contributed by atoms with Gasteiger partial charge in [-0.15, -0.1) is 0 Å². The summed E-state index contributed by atoms with van der Waals surface area (Å²) in [5, 5.41) is 0.316. The van der Waals surface area contributed by atoms with E-state index in [0.717, 1.165) is 10.1 Å². The molecule has 1 atom stereocenters. The average Bonchev–Trinajstić information content (AvgIpc) is 2.61. The van der Waals surface area contributed by atoms with Crippen LogP contribution in [0.1, 0.15) is 18.5 Å². The van der Waals surface area contributed by atoms with Crippen molar-refractivity contribution in [3.05, 3.63) is 79.4 Å². The van der Waals surface area contributed by atoms with Crippen LogP contribution in [0.15, 0.2) is 62.6 Å². The number of nitrogens with one attached hydrogen (secondary N) is 1. The van der Waals surface area contributed by atoms with E-state index in [1.807, 2.05) is 30.3 Å². The van der Waals surface area contributed by atoms with Gasteiger partial charge in [0.25, 0.3) is 5.56 Å². The first-order chi connectivity index (χ1) is 12.0. The summed E-state index contributed by atoms with van der Waals surface area (Å²) in [4.78, 5) is 39.8. The van der Waals surface area contributed by atoms with Gasteiger partial charge < -0.3 is 9.72 Å². The molecule has 3 rings (SSSR count). The van der Waals surface area contributed by atoms with Crippen LogP contribution < -0.4 is 11.2 Å². The monoisotopic (exact) mass is 402 g/mol. The summed E-state index contributed by atoms with van der Waals surface area (Å²) < 4.78 is 6.81. The van der Waals surface area contributed by atoms with Crippen molar-refractivity contribution in [3.63, 3.8) is 0 Å². The van der Waals surface area contributed by atoms with Crippen molar-refractivity contribution < 1.29 is 9.53 Å². The lowest BCUT2D eigenvalue weighted by atomic mass is 10.2. The number of carbonyl (C=O) groups excluding carboxylic acids is 1. The van der Waals surface area contributed by atoms with Crippen LogP contribution in [0.2, 0.25) is 0 Å². The molecule has 6 nitrogen and oxygen atoms in total. The second kappa shape index (κ2) is 7.06. The van der Waals surface area contributed by atoms with Crippen LogP contribution in [-0.2, 0) is 16.1 Å². The zero-order valence-electron chi connectivity index (χ0n) is 13.4. The molecule has 1 N–H and O–H groups in total. The van der Waals surface area contributed by atoms with E-state index in [1.165, 1.54) is 6.92 Å². The highest BCUT2D eigenvalue weighted by atomic mass is 79.9. The Kier molecular flexibility index (Phi) is 4.85. The Bertz CT molecular complexity index is 1040. The van der Waals surface area contributed by atoms with Gasteiger partial charge in [-0.1, -0.05) is 46.3 Å². The number of H-pyrrole nitrogens is 1. The van der Waals surface area contributed by atoms with Crippen LogP contribution in [0, 0.1) is 0 Å². The van der Waals surface area contributed by atoms with Crippen molar-refractivity contribution in [1.82, 2.24) is 9.55 Å². The quantitative estimate of drug-likeness (QED) is 0.680. The Morgan fingerprint density at radius 2 is 1.92 bits per heavy atom. The first-order valence-electron chi connectivity index (χ1n) is 7.62. The number of fused-ring (bicyclic) bond motifs is 1. The molecule has 7 heteroatoms. The molecule has 2 aromatic carbocycles. The van der Waals surface area contributed by atoms with Gasteiger partial charge in [0, 0.05) is 4.47 Å². The van der Waals surface area contributed by atoms with E-state index in [2.05, 4.69) is 20.9 Å². The average molecular weight is 403 g/mol. The molecule has 25 heavy (non-hydrogen) atoms. The summed E-state index contributed by atoms with van der Waals surface area (Å²) >= 11 is 3.29. The number of aromatic nitrogens is 2. The van der Waals surface area contributed by atoms with E-state index in [0.29, 0.717) is 15.4 Å². The van der Waals surface area contributed by atoms with Gasteiger partial charge in [0.15, 0.2) is 0 Å². The third kappa shape index (κ3) is 3.56. The number of benzene rings is 2. The number of carbonyl (C=O) groups is 1. The molecular weight excluding hydrogens is 388 g/mol. The molecule has 0 radical (unpaired) electrons. The third-order valence-corrected chi connectivity index (χ3v) is 4.34. The molecule has 0 amide bonds. The second-order valence-corrected chi connectivity index (χ2v) is 6.48. The molecule has 128 valence electrons. The number of hydrogen-bond donors (Lipinski definition) is 1. The van der Waals surface area contributed by atoms with Gasteiger partial charge in [0.1, 0.15) is 12.6 Å². The minimum atomic E-state index is -1.04. The molecular formula is C18H15BrN2O4. The molecule has 0 bridgehead atoms. The van der Waals surface area contributed by atoms with Crippen molar-refractivity contribution >= 4 is 32.8 Å². The fourth-order valence-electron chi connectivity index (χ4n) is 2.51. The molecule has 0 aliphatic heterocycles. The predicted octanol–water partition coefficient (Wildman–Crippen LogP) is 2.76. The van der Waals surface area contributed by atoms with Gasteiger partial charge in [-0.25, -0.2) is 14.2 Å². The van der Waals surface area contributed by atoms with Crippen LogP contribution >= 0.6 is 15.9 Å². The molecule has 0 aliphatic rings. The van der Waals surface area contributed by atoms with Crippen molar-refractivity contribution in [1.29, 1.82) is 0 Å². The highest BCUT2D eigenvalue weighted by Gasteiger charge is 2.21. The lowest BCUT2D eigenvalue weighted by molar-refractivity contribution is -0.148. The molecule has 1 heterocycles. The fourth-order valence-corrected chi connectivity index (χ4v) is 2.87. The van der Waals surface area contributed by atoms with Gasteiger partial charge in [-0.05, 0) is 30.7 Å². The molecule has 1 aromatic heterocycles. The maximum Gasteiger partial charge on any atom is 0.329 e. The van der Waals surface area contributed by atoms with Crippen molar-refractivity contribution in [2.45, 2.75) is 19.6 Å². The lowest BCUT2D eigenvalue weighted by Gasteiger charge is -2.14. The Labute approximate surface area is 151 Å². The van der Waals surface area contributed by atoms with E-state index < -0.39 is 23.3 Å². The topological polar surface area (TPSA) is 81.2 Å². The third-order valence-electron chi connectivity index (χ3n) is 3.84. The van der Waals surface area contributed by atoms with Gasteiger partial charge in [0.05, 0.1) is 10.9 Å². The normalized spacial score (nSPS) is 12.1. The number of nitrogens with zero attached hydrogens (tertiary/aromatic N) is 1. The number of rotatable bonds is 4.